The van der Waals surface area contributed by atoms with E-state index < -0.39 is 0 Å². The van der Waals surface area contributed by atoms with Gasteiger partial charge >= 0.3 is 35.4 Å². The Labute approximate surface area is 36.0 Å². The second-order valence-corrected chi connectivity index (χ2v) is 1.85. The van der Waals surface area contributed by atoms with Crippen LogP contribution in [0.25, 0.3) is 0 Å². The molecule has 0 bridgehead atoms. The van der Waals surface area contributed by atoms with Gasteiger partial charge in [-0.1, -0.05) is 0 Å². The molecule has 0 aliphatic rings. The van der Waals surface area contributed by atoms with Gasteiger partial charge in [0.25, 0.3) is 0 Å². The molecule has 26 valence electrons. The summed E-state index contributed by atoms with van der Waals surface area (Å²) in [5.74, 6) is 0. The fourth-order valence-corrected chi connectivity index (χ4v) is 0. The Morgan fingerprint density at radius 3 is 2.25 bits per heavy atom. The van der Waals surface area contributed by atoms with Crippen LogP contribution in [-0.2, 0) is 3.82 Å². The predicted molar refractivity (Wildman–Crippen MR) is 18.6 cm³/mol. The van der Waals surface area contributed by atoms with E-state index in [2.05, 4.69) is 3.82 Å². The summed E-state index contributed by atoms with van der Waals surface area (Å²) in [6.45, 7) is 0. The van der Waals surface area contributed by atoms with E-state index in [0.717, 1.165) is 0 Å². The first-order valence-corrected chi connectivity index (χ1v) is 3.68. The van der Waals surface area contributed by atoms with Gasteiger partial charge in [0, 0.05) is 0 Å². The summed E-state index contributed by atoms with van der Waals surface area (Å²) in [6, 6.07) is 0. The van der Waals surface area contributed by atoms with Crippen molar-refractivity contribution in [2.24, 2.45) is 0 Å². The summed E-state index contributed by atoms with van der Waals surface area (Å²) in [6.07, 6.45) is 0. The van der Waals surface area contributed by atoms with Crippen molar-refractivity contribution >= 4 is 24.5 Å². The van der Waals surface area contributed by atoms with Gasteiger partial charge in [-0.25, -0.2) is 0 Å². The molecule has 1 nitrogen and oxygen atoms in total. The first kappa shape index (κ1) is 4.77. The molecule has 0 aliphatic heterocycles. The first-order valence-electron chi connectivity index (χ1n) is 0.729. The van der Waals surface area contributed by atoms with Crippen LogP contribution in [0, 0.1) is 0 Å². The topological polar surface area (TPSA) is 9.23 Å². The molecule has 0 heterocycles. The Balaban J connectivity index is 1.97. The second-order valence-electron chi connectivity index (χ2n) is 0.230. The Kier molecular flexibility index (Phi) is 4.49. The van der Waals surface area contributed by atoms with Crippen molar-refractivity contribution in [3.63, 3.8) is 0 Å². The van der Waals surface area contributed by atoms with E-state index in [4.69, 9.17) is 10.1 Å². The Morgan fingerprint density at radius 2 is 2.25 bits per heavy atom. The van der Waals surface area contributed by atoms with Crippen LogP contribution >= 0.6 is 10.1 Å². The molecule has 0 saturated heterocycles. The number of hydrogen-bond acceptors (Lipinski definition) is 1. The third kappa shape index (κ3) is 2.77. The molecule has 0 radical (unpaired) electrons. The molecule has 3 heteroatoms. The van der Waals surface area contributed by atoms with Gasteiger partial charge in [-0.3, -0.25) is 0 Å². The second kappa shape index (κ2) is 3.77. The van der Waals surface area contributed by atoms with Crippen LogP contribution in [0.5, 0.6) is 0 Å². The Morgan fingerprint density at radius 1 is 2.00 bits per heavy atom. The quantitative estimate of drug-likeness (QED) is 0.486. The van der Waals surface area contributed by atoms with Gasteiger partial charge in [0.2, 0.25) is 0 Å². The summed E-state index contributed by atoms with van der Waals surface area (Å²) < 4.78 is 4.37. The van der Waals surface area contributed by atoms with Crippen molar-refractivity contribution in [1.29, 1.82) is 0 Å². The van der Waals surface area contributed by atoms with E-state index >= 15 is 0 Å². The molecule has 0 rings (SSSR count). The van der Waals surface area contributed by atoms with Gasteiger partial charge in [0.05, 0.1) is 0 Å². The normalized spacial score (nSPS) is 7.50. The van der Waals surface area contributed by atoms with Crippen LogP contribution in [0.1, 0.15) is 0 Å². The molecule has 0 saturated carbocycles. The van der Waals surface area contributed by atoms with E-state index in [1.165, 1.54) is 0 Å². The molecule has 0 fully saturated rings. The summed E-state index contributed by atoms with van der Waals surface area (Å²) in [5.41, 5.74) is 0. The van der Waals surface area contributed by atoms with Crippen molar-refractivity contribution in [3.8, 4) is 0 Å². The SMILES string of the molecule is CO[Se]Cl. The van der Waals surface area contributed by atoms with Crippen LogP contribution in [0.2, 0.25) is 0 Å². The van der Waals surface area contributed by atoms with E-state index in [1.54, 1.807) is 7.11 Å². The van der Waals surface area contributed by atoms with E-state index in [-0.39, 0.29) is 14.4 Å². The average Bonchev–Trinajstić information content (AvgIpc) is 1.37. The average molecular weight is 145 g/mol. The molecule has 0 aliphatic carbocycles. The monoisotopic (exact) mass is 146 g/mol. The van der Waals surface area contributed by atoms with Gasteiger partial charge in [-0.2, -0.15) is 0 Å². The van der Waals surface area contributed by atoms with E-state index in [0.29, 0.717) is 0 Å². The fourth-order valence-electron chi connectivity index (χ4n) is 0. The molecule has 0 unspecified atom stereocenters. The van der Waals surface area contributed by atoms with E-state index in [9.17, 15) is 0 Å². The molecule has 0 amide bonds. The number of halogens is 1. The molecular formula is CH3ClOSe. The van der Waals surface area contributed by atoms with E-state index in [1.807, 2.05) is 0 Å². The fraction of sp³-hybridized carbons (Fsp3) is 1.00. The van der Waals surface area contributed by atoms with Crippen LogP contribution in [-0.4, -0.2) is 21.5 Å². The summed E-state index contributed by atoms with van der Waals surface area (Å²) in [5, 5.41) is 0. The van der Waals surface area contributed by atoms with Gasteiger partial charge in [-0.05, 0) is 0 Å². The van der Waals surface area contributed by atoms with Crippen LogP contribution < -0.4 is 0 Å². The zero-order valence-electron chi connectivity index (χ0n) is 2.19. The number of hydrogen-bond donors (Lipinski definition) is 0. The third-order valence-corrected chi connectivity index (χ3v) is 0.982. The molecule has 0 N–H and O–H groups in total. The predicted octanol–water partition coefficient (Wildman–Crippen LogP) is 0.406. The summed E-state index contributed by atoms with van der Waals surface area (Å²) >= 11 is -0.111. The maximum absolute atomic E-state index is 5.03. The minimum absolute atomic E-state index is 0.111. The minimum atomic E-state index is -0.111. The molecule has 0 aromatic heterocycles. The first-order chi connectivity index (χ1) is 1.91. The molecule has 0 aromatic rings. The maximum atomic E-state index is 5.03. The zero-order valence-corrected chi connectivity index (χ0v) is 4.66. The van der Waals surface area contributed by atoms with Crippen LogP contribution in [0.3, 0.4) is 0 Å². The van der Waals surface area contributed by atoms with Crippen LogP contribution in [0.4, 0.5) is 0 Å². The van der Waals surface area contributed by atoms with Gasteiger partial charge in [0.15, 0.2) is 0 Å². The Hall–Kier alpha value is 0.769. The summed E-state index contributed by atoms with van der Waals surface area (Å²) in [7, 11) is 6.60. The van der Waals surface area contributed by atoms with Gasteiger partial charge < -0.3 is 0 Å². The zero-order chi connectivity index (χ0) is 3.41. The molecule has 0 spiro atoms. The van der Waals surface area contributed by atoms with Crippen molar-refractivity contribution in [2.75, 3.05) is 7.11 Å². The molecule has 0 atom stereocenters. The van der Waals surface area contributed by atoms with Gasteiger partial charge in [0.1, 0.15) is 0 Å². The molecule has 4 heavy (non-hydrogen) atoms. The van der Waals surface area contributed by atoms with Crippen LogP contribution in [0.15, 0.2) is 0 Å². The van der Waals surface area contributed by atoms with Crippen molar-refractivity contribution in [3.05, 3.63) is 0 Å². The molecular weight excluding hydrogens is 142 g/mol. The third-order valence-electron chi connectivity index (χ3n) is 0.0630. The molecule has 0 aromatic carbocycles. The number of rotatable bonds is 1. The van der Waals surface area contributed by atoms with Gasteiger partial charge in [-0.15, -0.1) is 0 Å². The van der Waals surface area contributed by atoms with Crippen molar-refractivity contribution in [2.45, 2.75) is 0 Å². The Bertz CT molecular complexity index is 10.0. The summed E-state index contributed by atoms with van der Waals surface area (Å²) in [4.78, 5) is 0. The van der Waals surface area contributed by atoms with Crippen molar-refractivity contribution < 1.29 is 3.82 Å². The standard InChI is InChI=1S/CH3ClOSe/c1-3-4-2/h1H3. The van der Waals surface area contributed by atoms with Crippen molar-refractivity contribution in [1.82, 2.24) is 0 Å².